The van der Waals surface area contributed by atoms with Crippen LogP contribution in [0, 0.1) is 0 Å². The van der Waals surface area contributed by atoms with Gasteiger partial charge in [-0.2, -0.15) is 0 Å². The number of benzene rings is 3. The van der Waals surface area contributed by atoms with Gasteiger partial charge in [-0.15, -0.1) is 0 Å². The van der Waals surface area contributed by atoms with Crippen LogP contribution < -0.4 is 16.0 Å². The summed E-state index contributed by atoms with van der Waals surface area (Å²) in [5.74, 6) is -0.676. The molecule has 136 valence electrons. The Morgan fingerprint density at radius 3 is 2.26 bits per heavy atom. The molecule has 0 aromatic heterocycles. The number of amides is 1. The fourth-order valence-electron chi connectivity index (χ4n) is 2.61. The van der Waals surface area contributed by atoms with Crippen LogP contribution in [0.1, 0.15) is 0 Å². The van der Waals surface area contributed by atoms with Crippen molar-refractivity contribution in [3.8, 4) is 11.1 Å². The van der Waals surface area contributed by atoms with Crippen LogP contribution in [-0.4, -0.2) is 17.7 Å². The van der Waals surface area contributed by atoms with Crippen molar-refractivity contribution >= 4 is 40.3 Å². The van der Waals surface area contributed by atoms with E-state index in [1.54, 1.807) is 12.1 Å². The first-order chi connectivity index (χ1) is 13.2. The number of rotatable bonds is 5. The van der Waals surface area contributed by atoms with Gasteiger partial charge in [0.15, 0.2) is 11.8 Å². The van der Waals surface area contributed by atoms with Crippen LogP contribution in [0.4, 0.5) is 21.5 Å². The van der Waals surface area contributed by atoms with Gasteiger partial charge in [-0.25, -0.2) is 4.39 Å². The summed E-state index contributed by atoms with van der Waals surface area (Å²) >= 11 is 5.36. The Balaban J connectivity index is 1.78. The average molecular weight is 379 g/mol. The minimum atomic E-state index is -1.06. The highest BCUT2D eigenvalue weighted by Crippen LogP contribution is 2.29. The molecule has 0 aliphatic carbocycles. The molecule has 0 aliphatic rings. The number of nitrogens with one attached hydrogen (secondary N) is 3. The summed E-state index contributed by atoms with van der Waals surface area (Å²) in [5, 5.41) is 9.31. The molecule has 0 bridgehead atoms. The molecule has 0 heterocycles. The number of hydrogen-bond donors (Lipinski definition) is 3. The van der Waals surface area contributed by atoms with E-state index in [-0.39, 0.29) is 0 Å². The number of carbonyl (C=O) groups excluding carboxylic acids is 1. The SMILES string of the molecule is O=C(CF)Nc1ccccc1-c1cccc(NC(=S)Nc2ccccc2)c1. The highest BCUT2D eigenvalue weighted by atomic mass is 32.1. The third-order valence-corrected chi connectivity index (χ3v) is 3.99. The second-order valence-corrected chi connectivity index (χ2v) is 6.16. The van der Waals surface area contributed by atoms with Crippen LogP contribution in [0.3, 0.4) is 0 Å². The van der Waals surface area contributed by atoms with Crippen molar-refractivity contribution < 1.29 is 9.18 Å². The predicted molar refractivity (Wildman–Crippen MR) is 113 cm³/mol. The first-order valence-corrected chi connectivity index (χ1v) is 8.75. The smallest absolute Gasteiger partial charge is 0.255 e. The first kappa shape index (κ1) is 18.5. The van der Waals surface area contributed by atoms with E-state index in [0.29, 0.717) is 10.8 Å². The molecule has 0 radical (unpaired) electrons. The Morgan fingerprint density at radius 2 is 1.48 bits per heavy atom. The number of carbonyl (C=O) groups is 1. The van der Waals surface area contributed by atoms with Crippen molar-refractivity contribution in [2.75, 3.05) is 22.6 Å². The Morgan fingerprint density at radius 1 is 0.815 bits per heavy atom. The molecule has 0 aliphatic heterocycles. The molecule has 3 rings (SSSR count). The molecule has 4 nitrogen and oxygen atoms in total. The van der Waals surface area contributed by atoms with Crippen LogP contribution in [0.15, 0.2) is 78.9 Å². The van der Waals surface area contributed by atoms with Gasteiger partial charge in [0.05, 0.1) is 0 Å². The maximum atomic E-state index is 12.5. The van der Waals surface area contributed by atoms with Gasteiger partial charge < -0.3 is 16.0 Å². The molecule has 0 saturated carbocycles. The molecule has 3 aromatic rings. The standard InChI is InChI=1S/C21H18FN3OS/c22-14-20(26)25-19-12-5-4-11-18(19)15-7-6-10-17(13-15)24-21(27)23-16-8-2-1-3-9-16/h1-13H,14H2,(H,25,26)(H2,23,24,27). The van der Waals surface area contributed by atoms with E-state index in [9.17, 15) is 9.18 Å². The summed E-state index contributed by atoms with van der Waals surface area (Å²) in [5.41, 5.74) is 3.92. The van der Waals surface area contributed by atoms with Crippen molar-refractivity contribution in [2.45, 2.75) is 0 Å². The lowest BCUT2D eigenvalue weighted by atomic mass is 10.0. The molecule has 3 aromatic carbocycles. The van der Waals surface area contributed by atoms with Gasteiger partial charge in [0.1, 0.15) is 0 Å². The van der Waals surface area contributed by atoms with E-state index >= 15 is 0 Å². The van der Waals surface area contributed by atoms with Gasteiger partial charge in [0, 0.05) is 22.6 Å². The van der Waals surface area contributed by atoms with Crippen molar-refractivity contribution in [1.82, 2.24) is 0 Å². The first-order valence-electron chi connectivity index (χ1n) is 8.34. The Bertz CT molecular complexity index is 947. The number of alkyl halides is 1. The summed E-state index contributed by atoms with van der Waals surface area (Å²) < 4.78 is 12.5. The summed E-state index contributed by atoms with van der Waals surface area (Å²) in [6, 6.07) is 24.5. The number of anilines is 3. The van der Waals surface area contributed by atoms with Crippen LogP contribution in [-0.2, 0) is 4.79 Å². The van der Waals surface area contributed by atoms with Gasteiger partial charge in [-0.3, -0.25) is 4.79 Å². The zero-order valence-electron chi connectivity index (χ0n) is 14.4. The van der Waals surface area contributed by atoms with E-state index in [1.165, 1.54) is 0 Å². The molecule has 27 heavy (non-hydrogen) atoms. The van der Waals surface area contributed by atoms with Crippen molar-refractivity contribution in [1.29, 1.82) is 0 Å². The third kappa shape index (κ3) is 5.12. The summed E-state index contributed by atoms with van der Waals surface area (Å²) in [7, 11) is 0. The molecule has 0 fully saturated rings. The molecule has 0 unspecified atom stereocenters. The van der Waals surface area contributed by atoms with Gasteiger partial charge >= 0.3 is 0 Å². The summed E-state index contributed by atoms with van der Waals surface area (Å²) in [6.45, 7) is -1.06. The van der Waals surface area contributed by atoms with E-state index in [2.05, 4.69) is 16.0 Å². The van der Waals surface area contributed by atoms with Crippen LogP contribution in [0.2, 0.25) is 0 Å². The Kier molecular flexibility index (Phi) is 6.12. The van der Waals surface area contributed by atoms with Gasteiger partial charge in [0.2, 0.25) is 0 Å². The normalized spacial score (nSPS) is 10.1. The largest absolute Gasteiger partial charge is 0.332 e. The van der Waals surface area contributed by atoms with E-state index in [4.69, 9.17) is 12.2 Å². The lowest BCUT2D eigenvalue weighted by molar-refractivity contribution is -0.117. The molecule has 0 saturated heterocycles. The second-order valence-electron chi connectivity index (χ2n) is 5.75. The lowest BCUT2D eigenvalue weighted by Gasteiger charge is -2.13. The molecule has 6 heteroatoms. The summed E-state index contributed by atoms with van der Waals surface area (Å²) in [6.07, 6.45) is 0. The number of thiocarbonyl (C=S) groups is 1. The molecular formula is C21H18FN3OS. The minimum Gasteiger partial charge on any atom is -0.332 e. The van der Waals surface area contributed by atoms with Gasteiger partial charge in [0.25, 0.3) is 5.91 Å². The highest BCUT2D eigenvalue weighted by Gasteiger charge is 2.09. The highest BCUT2D eigenvalue weighted by molar-refractivity contribution is 7.80. The molecular weight excluding hydrogens is 361 g/mol. The topological polar surface area (TPSA) is 53.2 Å². The summed E-state index contributed by atoms with van der Waals surface area (Å²) in [4.78, 5) is 11.4. The molecule has 1 amide bonds. The van der Waals surface area contributed by atoms with Crippen molar-refractivity contribution in [3.05, 3.63) is 78.9 Å². The maximum absolute atomic E-state index is 12.5. The van der Waals surface area contributed by atoms with Crippen LogP contribution in [0.25, 0.3) is 11.1 Å². The Hall–Kier alpha value is -3.25. The van der Waals surface area contributed by atoms with Crippen LogP contribution in [0.5, 0.6) is 0 Å². The number of para-hydroxylation sites is 2. The van der Waals surface area contributed by atoms with E-state index in [1.807, 2.05) is 66.7 Å². The average Bonchev–Trinajstić information content (AvgIpc) is 2.69. The number of hydrogen-bond acceptors (Lipinski definition) is 2. The molecule has 3 N–H and O–H groups in total. The minimum absolute atomic E-state index is 0.470. The number of halogens is 1. The maximum Gasteiger partial charge on any atom is 0.255 e. The quantitative estimate of drug-likeness (QED) is 0.542. The van der Waals surface area contributed by atoms with Crippen molar-refractivity contribution in [3.63, 3.8) is 0 Å². The van der Waals surface area contributed by atoms with E-state index in [0.717, 1.165) is 22.5 Å². The predicted octanol–water partition coefficient (Wildman–Crippen LogP) is 5.07. The fraction of sp³-hybridized carbons (Fsp3) is 0.0476. The van der Waals surface area contributed by atoms with Gasteiger partial charge in [-0.1, -0.05) is 48.5 Å². The van der Waals surface area contributed by atoms with E-state index < -0.39 is 12.6 Å². The second kappa shape index (κ2) is 8.91. The molecule has 0 spiro atoms. The lowest BCUT2D eigenvalue weighted by Crippen LogP contribution is -2.18. The van der Waals surface area contributed by atoms with Gasteiger partial charge in [-0.05, 0) is 48.1 Å². The zero-order chi connectivity index (χ0) is 19.1. The van der Waals surface area contributed by atoms with Crippen LogP contribution >= 0.6 is 12.2 Å². The third-order valence-electron chi connectivity index (χ3n) is 3.79. The molecule has 0 atom stereocenters. The van der Waals surface area contributed by atoms with Crippen molar-refractivity contribution in [2.24, 2.45) is 0 Å². The zero-order valence-corrected chi connectivity index (χ0v) is 15.2. The fourth-order valence-corrected chi connectivity index (χ4v) is 2.84. The Labute approximate surface area is 162 Å². The monoisotopic (exact) mass is 379 g/mol.